The monoisotopic (exact) mass is 472 g/mol. The van der Waals surface area contributed by atoms with Crippen molar-refractivity contribution < 1.29 is 13.2 Å². The van der Waals surface area contributed by atoms with Crippen LogP contribution in [0.2, 0.25) is 5.02 Å². The first-order valence-corrected chi connectivity index (χ1v) is 10.8. The topological polar surface area (TPSA) is 49.6 Å². The smallest absolute Gasteiger partial charge is 0.353 e. The van der Waals surface area contributed by atoms with Crippen LogP contribution < -0.4 is 9.80 Å². The van der Waals surface area contributed by atoms with Gasteiger partial charge in [0.1, 0.15) is 11.6 Å². The van der Waals surface area contributed by atoms with Gasteiger partial charge in [-0.25, -0.2) is 9.97 Å². The molecule has 1 aliphatic rings. The highest BCUT2D eigenvalue weighted by molar-refractivity contribution is 6.30. The second-order valence-electron chi connectivity index (χ2n) is 7.88. The van der Waals surface area contributed by atoms with E-state index in [1.807, 2.05) is 23.1 Å². The first-order chi connectivity index (χ1) is 15.8. The van der Waals surface area contributed by atoms with Gasteiger partial charge in [0.2, 0.25) is 0 Å². The molecular weight excluding hydrogens is 453 g/mol. The normalized spacial score (nSPS) is 14.8. The van der Waals surface area contributed by atoms with E-state index < -0.39 is 11.9 Å². The Kier molecular flexibility index (Phi) is 5.36. The molecule has 0 radical (unpaired) electrons. The van der Waals surface area contributed by atoms with E-state index in [-0.39, 0.29) is 11.2 Å². The fourth-order valence-electron chi connectivity index (χ4n) is 4.13. The second-order valence-corrected chi connectivity index (χ2v) is 8.32. The van der Waals surface area contributed by atoms with Gasteiger partial charge in [0, 0.05) is 49.2 Å². The summed E-state index contributed by atoms with van der Waals surface area (Å²) in [6.07, 6.45) is -2.89. The van der Waals surface area contributed by atoms with E-state index in [2.05, 4.69) is 20.0 Å². The molecule has 0 atom stereocenters. The minimum Gasteiger partial charge on any atom is -0.353 e. The van der Waals surface area contributed by atoms with Crippen molar-refractivity contribution in [1.29, 1.82) is 0 Å². The highest BCUT2D eigenvalue weighted by Crippen LogP contribution is 2.40. The molecule has 1 fully saturated rings. The number of hydrogen-bond donors (Lipinski definition) is 0. The van der Waals surface area contributed by atoms with Gasteiger partial charge < -0.3 is 9.80 Å². The van der Waals surface area contributed by atoms with E-state index in [9.17, 15) is 13.2 Å². The van der Waals surface area contributed by atoms with Crippen molar-refractivity contribution in [3.05, 3.63) is 71.1 Å². The zero-order chi connectivity index (χ0) is 23.2. The van der Waals surface area contributed by atoms with Crippen LogP contribution in [0.1, 0.15) is 11.4 Å². The number of aromatic nitrogens is 4. The Balaban J connectivity index is 1.58. The Morgan fingerprint density at radius 1 is 0.939 bits per heavy atom. The second kappa shape index (κ2) is 8.22. The molecule has 1 aliphatic heterocycles. The van der Waals surface area contributed by atoms with Crippen molar-refractivity contribution in [3.8, 4) is 11.1 Å². The van der Waals surface area contributed by atoms with Crippen molar-refractivity contribution in [2.45, 2.75) is 13.1 Å². The molecule has 6 nitrogen and oxygen atoms in total. The maximum atomic E-state index is 14.0. The molecule has 0 amide bonds. The number of rotatable bonds is 3. The van der Waals surface area contributed by atoms with Gasteiger partial charge in [-0.2, -0.15) is 22.8 Å². The van der Waals surface area contributed by atoms with Gasteiger partial charge in [0.25, 0.3) is 0 Å². The Morgan fingerprint density at radius 2 is 1.64 bits per heavy atom. The molecule has 0 spiro atoms. The number of nitrogens with zero attached hydrogens (tertiary/aromatic N) is 6. The minimum absolute atomic E-state index is 0.0451. The fourth-order valence-corrected chi connectivity index (χ4v) is 4.26. The van der Waals surface area contributed by atoms with Crippen molar-refractivity contribution in [1.82, 2.24) is 19.6 Å². The third-order valence-electron chi connectivity index (χ3n) is 5.68. The lowest BCUT2D eigenvalue weighted by molar-refractivity contribution is -0.140. The van der Waals surface area contributed by atoms with Crippen LogP contribution in [0.5, 0.6) is 0 Å². The molecule has 3 aromatic heterocycles. The Bertz CT molecular complexity index is 1280. The van der Waals surface area contributed by atoms with Crippen molar-refractivity contribution >= 4 is 28.9 Å². The number of fused-ring (bicyclic) bond motifs is 1. The van der Waals surface area contributed by atoms with Crippen LogP contribution in [0.25, 0.3) is 16.8 Å². The summed E-state index contributed by atoms with van der Waals surface area (Å²) < 4.78 is 43.3. The molecule has 33 heavy (non-hydrogen) atoms. The third kappa shape index (κ3) is 4.08. The Hall–Kier alpha value is -3.33. The summed E-state index contributed by atoms with van der Waals surface area (Å²) in [5.74, 6) is 1.47. The molecule has 0 N–H and O–H groups in total. The molecule has 4 heterocycles. The first-order valence-electron chi connectivity index (χ1n) is 10.5. The Morgan fingerprint density at radius 3 is 2.27 bits per heavy atom. The predicted molar refractivity (Wildman–Crippen MR) is 122 cm³/mol. The van der Waals surface area contributed by atoms with E-state index in [1.165, 1.54) is 4.52 Å². The summed E-state index contributed by atoms with van der Waals surface area (Å²) in [6, 6.07) is 13.8. The summed E-state index contributed by atoms with van der Waals surface area (Å²) in [4.78, 5) is 13.0. The van der Waals surface area contributed by atoms with Gasteiger partial charge in [0.15, 0.2) is 11.3 Å². The molecule has 4 aromatic rings. The van der Waals surface area contributed by atoms with E-state index in [0.29, 0.717) is 48.3 Å². The van der Waals surface area contributed by atoms with Crippen LogP contribution in [0.3, 0.4) is 0 Å². The van der Waals surface area contributed by atoms with Crippen molar-refractivity contribution in [2.75, 3.05) is 36.0 Å². The summed E-state index contributed by atoms with van der Waals surface area (Å²) in [5.41, 5.74) is 0.151. The maximum absolute atomic E-state index is 14.0. The average molecular weight is 473 g/mol. The van der Waals surface area contributed by atoms with Crippen LogP contribution in [0.4, 0.5) is 24.8 Å². The molecule has 0 bridgehead atoms. The van der Waals surface area contributed by atoms with E-state index in [1.54, 1.807) is 43.5 Å². The lowest BCUT2D eigenvalue weighted by atomic mass is 10.1. The summed E-state index contributed by atoms with van der Waals surface area (Å²) in [7, 11) is 0. The number of benzene rings is 1. The minimum atomic E-state index is -4.63. The van der Waals surface area contributed by atoms with Gasteiger partial charge in [0.05, 0.1) is 5.56 Å². The van der Waals surface area contributed by atoms with E-state index in [0.717, 1.165) is 5.82 Å². The molecule has 0 unspecified atom stereocenters. The van der Waals surface area contributed by atoms with Crippen molar-refractivity contribution in [3.63, 3.8) is 0 Å². The highest BCUT2D eigenvalue weighted by atomic mass is 35.5. The van der Waals surface area contributed by atoms with Gasteiger partial charge in [-0.05, 0) is 36.8 Å². The molecule has 1 saturated heterocycles. The average Bonchev–Trinajstić information content (AvgIpc) is 3.20. The number of aryl methyl sites for hydroxylation is 1. The summed E-state index contributed by atoms with van der Waals surface area (Å²) >= 11 is 5.96. The zero-order valence-corrected chi connectivity index (χ0v) is 18.5. The highest BCUT2D eigenvalue weighted by Gasteiger charge is 2.39. The number of pyridine rings is 1. The van der Waals surface area contributed by atoms with E-state index >= 15 is 0 Å². The Labute approximate surface area is 193 Å². The SMILES string of the molecule is Cc1cc(N2CCN(c3ccccn3)CC2)n2nc(C(F)(F)F)c(-c3ccc(Cl)cc3)c2n1. The molecule has 5 rings (SSSR count). The number of piperazine rings is 1. The van der Waals surface area contributed by atoms with Crippen LogP contribution in [0, 0.1) is 6.92 Å². The van der Waals surface area contributed by atoms with Crippen LogP contribution in [0.15, 0.2) is 54.7 Å². The zero-order valence-electron chi connectivity index (χ0n) is 17.7. The fraction of sp³-hybridized carbons (Fsp3) is 0.261. The molecular formula is C23H20ClF3N6. The molecule has 1 aromatic carbocycles. The number of anilines is 2. The maximum Gasteiger partial charge on any atom is 0.435 e. The van der Waals surface area contributed by atoms with Gasteiger partial charge in [-0.1, -0.05) is 29.8 Å². The van der Waals surface area contributed by atoms with Gasteiger partial charge in [-0.15, -0.1) is 0 Å². The molecule has 170 valence electrons. The predicted octanol–water partition coefficient (Wildman–Crippen LogP) is 5.10. The standard InChI is InChI=1S/C23H20ClF3N6/c1-15-14-19(32-12-10-31(11-13-32)18-4-2-3-9-28-18)33-22(29-15)20(21(30-33)23(25,26)27)16-5-7-17(24)8-6-16/h2-9,14H,10-13H2,1H3. The lowest BCUT2D eigenvalue weighted by Crippen LogP contribution is -2.47. The van der Waals surface area contributed by atoms with Crippen LogP contribution >= 0.6 is 11.6 Å². The third-order valence-corrected chi connectivity index (χ3v) is 5.93. The lowest BCUT2D eigenvalue weighted by Gasteiger charge is -2.36. The van der Waals surface area contributed by atoms with E-state index in [4.69, 9.17) is 11.6 Å². The quantitative estimate of drug-likeness (QED) is 0.415. The number of halogens is 4. The largest absolute Gasteiger partial charge is 0.435 e. The van der Waals surface area contributed by atoms with Crippen LogP contribution in [-0.2, 0) is 6.18 Å². The number of hydrogen-bond acceptors (Lipinski definition) is 5. The van der Waals surface area contributed by atoms with Gasteiger partial charge in [-0.3, -0.25) is 0 Å². The summed E-state index contributed by atoms with van der Waals surface area (Å²) in [6.45, 7) is 4.40. The molecule has 0 saturated carbocycles. The first kappa shape index (κ1) is 21.5. The van der Waals surface area contributed by atoms with Gasteiger partial charge >= 0.3 is 6.18 Å². The number of alkyl halides is 3. The van der Waals surface area contributed by atoms with Crippen molar-refractivity contribution in [2.24, 2.45) is 0 Å². The van der Waals surface area contributed by atoms with Crippen LogP contribution in [-0.4, -0.2) is 45.8 Å². The molecule has 0 aliphatic carbocycles. The molecule has 10 heteroatoms. The summed E-state index contributed by atoms with van der Waals surface area (Å²) in [5, 5.41) is 4.45.